The number of rotatable bonds is 3. The Bertz CT molecular complexity index is 573. The van der Waals surface area contributed by atoms with Crippen LogP contribution < -0.4 is 4.90 Å². The van der Waals surface area contributed by atoms with E-state index < -0.39 is 0 Å². The smallest absolute Gasteiger partial charge is 0.0717 e. The average Bonchev–Trinajstić information content (AvgIpc) is 2.36. The molecule has 0 aliphatic carbocycles. The Morgan fingerprint density at radius 1 is 1.05 bits per heavy atom. The van der Waals surface area contributed by atoms with E-state index in [9.17, 15) is 5.11 Å². The highest BCUT2D eigenvalue weighted by Gasteiger charge is 2.10. The zero-order valence-electron chi connectivity index (χ0n) is 11.9. The quantitative estimate of drug-likeness (QED) is 0.915. The van der Waals surface area contributed by atoms with Crippen LogP contribution in [0.1, 0.15) is 22.4 Å². The van der Waals surface area contributed by atoms with Crippen molar-refractivity contribution in [2.45, 2.75) is 27.4 Å². The van der Waals surface area contributed by atoms with E-state index in [1.54, 1.807) is 6.20 Å². The minimum Gasteiger partial charge on any atom is -0.392 e. The molecule has 0 amide bonds. The SMILES string of the molecule is Cc1cc(C)cc(N(C)c2cc(C)ncc2CO)c1. The molecule has 0 fully saturated rings. The molecular weight excluding hydrogens is 236 g/mol. The van der Waals surface area contributed by atoms with Crippen molar-refractivity contribution in [1.82, 2.24) is 4.98 Å². The van der Waals surface area contributed by atoms with Gasteiger partial charge in [-0.2, -0.15) is 0 Å². The molecular formula is C16H20N2O. The Hall–Kier alpha value is -1.87. The van der Waals surface area contributed by atoms with E-state index in [0.29, 0.717) is 0 Å². The molecule has 2 aromatic rings. The second kappa shape index (κ2) is 5.41. The average molecular weight is 256 g/mol. The van der Waals surface area contributed by atoms with Gasteiger partial charge in [0.2, 0.25) is 0 Å². The lowest BCUT2D eigenvalue weighted by Crippen LogP contribution is -2.13. The van der Waals surface area contributed by atoms with Gasteiger partial charge in [0, 0.05) is 35.9 Å². The van der Waals surface area contributed by atoms with E-state index in [1.807, 2.05) is 20.0 Å². The molecule has 0 aliphatic heterocycles. The second-order valence-corrected chi connectivity index (χ2v) is 5.02. The number of aryl methyl sites for hydroxylation is 3. The molecule has 0 aliphatic rings. The van der Waals surface area contributed by atoms with Crippen LogP contribution in [0, 0.1) is 20.8 Å². The molecule has 100 valence electrons. The number of aliphatic hydroxyl groups is 1. The number of nitrogens with zero attached hydrogens (tertiary/aromatic N) is 2. The van der Waals surface area contributed by atoms with Crippen LogP contribution in [0.5, 0.6) is 0 Å². The summed E-state index contributed by atoms with van der Waals surface area (Å²) in [5, 5.41) is 9.45. The van der Waals surface area contributed by atoms with Gasteiger partial charge in [0.1, 0.15) is 0 Å². The molecule has 3 nitrogen and oxygen atoms in total. The molecule has 19 heavy (non-hydrogen) atoms. The Labute approximate surface area is 114 Å². The highest BCUT2D eigenvalue weighted by molar-refractivity contribution is 5.66. The lowest BCUT2D eigenvalue weighted by molar-refractivity contribution is 0.282. The van der Waals surface area contributed by atoms with Gasteiger partial charge >= 0.3 is 0 Å². The minimum atomic E-state index is -0.00223. The van der Waals surface area contributed by atoms with Crippen LogP contribution in [0.15, 0.2) is 30.5 Å². The fraction of sp³-hybridized carbons (Fsp3) is 0.312. The number of hydrogen-bond acceptors (Lipinski definition) is 3. The lowest BCUT2D eigenvalue weighted by atomic mass is 10.1. The summed E-state index contributed by atoms with van der Waals surface area (Å²) < 4.78 is 0. The van der Waals surface area contributed by atoms with Crippen molar-refractivity contribution in [3.8, 4) is 0 Å². The van der Waals surface area contributed by atoms with Crippen LogP contribution >= 0.6 is 0 Å². The van der Waals surface area contributed by atoms with Gasteiger partial charge in [-0.15, -0.1) is 0 Å². The summed E-state index contributed by atoms with van der Waals surface area (Å²) in [7, 11) is 2.02. The molecule has 0 saturated carbocycles. The third kappa shape index (κ3) is 2.93. The number of pyridine rings is 1. The molecule has 0 unspecified atom stereocenters. The van der Waals surface area contributed by atoms with Gasteiger partial charge in [0.15, 0.2) is 0 Å². The highest BCUT2D eigenvalue weighted by atomic mass is 16.3. The van der Waals surface area contributed by atoms with Gasteiger partial charge in [-0.05, 0) is 50.1 Å². The Kier molecular flexibility index (Phi) is 3.86. The van der Waals surface area contributed by atoms with E-state index >= 15 is 0 Å². The third-order valence-corrected chi connectivity index (χ3v) is 3.22. The Morgan fingerprint density at radius 3 is 2.26 bits per heavy atom. The van der Waals surface area contributed by atoms with Crippen molar-refractivity contribution in [2.75, 3.05) is 11.9 Å². The van der Waals surface area contributed by atoms with Gasteiger partial charge in [-0.3, -0.25) is 4.98 Å². The number of aromatic nitrogens is 1. The molecule has 1 heterocycles. The fourth-order valence-electron chi connectivity index (χ4n) is 2.29. The zero-order valence-corrected chi connectivity index (χ0v) is 11.9. The first kappa shape index (κ1) is 13.6. The Morgan fingerprint density at radius 2 is 1.68 bits per heavy atom. The minimum absolute atomic E-state index is 0.00223. The monoisotopic (exact) mass is 256 g/mol. The van der Waals surface area contributed by atoms with Crippen molar-refractivity contribution < 1.29 is 5.11 Å². The summed E-state index contributed by atoms with van der Waals surface area (Å²) in [5.74, 6) is 0. The molecule has 1 N–H and O–H groups in total. The maximum absolute atomic E-state index is 9.45. The van der Waals surface area contributed by atoms with E-state index in [2.05, 4.69) is 41.9 Å². The van der Waals surface area contributed by atoms with Gasteiger partial charge in [0.05, 0.1) is 6.61 Å². The molecule has 0 saturated heterocycles. The number of hydrogen-bond donors (Lipinski definition) is 1. The maximum atomic E-state index is 9.45. The first-order valence-corrected chi connectivity index (χ1v) is 6.39. The summed E-state index contributed by atoms with van der Waals surface area (Å²) in [6, 6.07) is 8.44. The van der Waals surface area contributed by atoms with Crippen LogP contribution in [0.4, 0.5) is 11.4 Å². The molecule has 0 atom stereocenters. The number of anilines is 2. The number of aliphatic hydroxyl groups excluding tert-OH is 1. The van der Waals surface area contributed by atoms with Crippen molar-refractivity contribution in [3.63, 3.8) is 0 Å². The fourth-order valence-corrected chi connectivity index (χ4v) is 2.29. The van der Waals surface area contributed by atoms with Crippen molar-refractivity contribution in [3.05, 3.63) is 52.8 Å². The molecule has 0 spiro atoms. The van der Waals surface area contributed by atoms with Crippen LogP contribution in [0.3, 0.4) is 0 Å². The van der Waals surface area contributed by atoms with Gasteiger partial charge in [-0.25, -0.2) is 0 Å². The lowest BCUT2D eigenvalue weighted by Gasteiger charge is -2.23. The van der Waals surface area contributed by atoms with Crippen molar-refractivity contribution in [2.24, 2.45) is 0 Å². The highest BCUT2D eigenvalue weighted by Crippen LogP contribution is 2.28. The predicted molar refractivity (Wildman–Crippen MR) is 78.9 cm³/mol. The first-order valence-electron chi connectivity index (χ1n) is 6.39. The summed E-state index contributed by atoms with van der Waals surface area (Å²) >= 11 is 0. The molecule has 0 bridgehead atoms. The van der Waals surface area contributed by atoms with Gasteiger partial charge < -0.3 is 10.0 Å². The van der Waals surface area contributed by atoms with Crippen LogP contribution in [0.2, 0.25) is 0 Å². The molecule has 0 radical (unpaired) electrons. The standard InChI is InChI=1S/C16H20N2O/c1-11-5-12(2)7-15(6-11)18(4)16-8-13(3)17-9-14(16)10-19/h5-9,19H,10H2,1-4H3. The maximum Gasteiger partial charge on any atom is 0.0717 e. The first-order chi connectivity index (χ1) is 9.01. The zero-order chi connectivity index (χ0) is 14.0. The summed E-state index contributed by atoms with van der Waals surface area (Å²) in [5.41, 5.74) is 6.38. The molecule has 2 rings (SSSR count). The predicted octanol–water partition coefficient (Wildman–Crippen LogP) is 3.27. The normalized spacial score (nSPS) is 10.6. The van der Waals surface area contributed by atoms with Crippen molar-refractivity contribution >= 4 is 11.4 Å². The van der Waals surface area contributed by atoms with Crippen LogP contribution in [0.25, 0.3) is 0 Å². The Balaban J connectivity index is 2.48. The largest absolute Gasteiger partial charge is 0.392 e. The summed E-state index contributed by atoms with van der Waals surface area (Å²) in [6.07, 6.45) is 1.74. The molecule has 1 aromatic carbocycles. The topological polar surface area (TPSA) is 36.4 Å². The van der Waals surface area contributed by atoms with Crippen LogP contribution in [-0.4, -0.2) is 17.1 Å². The van der Waals surface area contributed by atoms with Gasteiger partial charge in [-0.1, -0.05) is 6.07 Å². The van der Waals surface area contributed by atoms with E-state index in [4.69, 9.17) is 0 Å². The summed E-state index contributed by atoms with van der Waals surface area (Å²) in [6.45, 7) is 6.14. The number of benzene rings is 1. The van der Waals surface area contributed by atoms with Gasteiger partial charge in [0.25, 0.3) is 0 Å². The molecule has 3 heteroatoms. The van der Waals surface area contributed by atoms with Crippen LogP contribution in [-0.2, 0) is 6.61 Å². The second-order valence-electron chi connectivity index (χ2n) is 5.02. The summed E-state index contributed by atoms with van der Waals surface area (Å²) in [4.78, 5) is 6.33. The molecule has 1 aromatic heterocycles. The third-order valence-electron chi connectivity index (χ3n) is 3.22. The van der Waals surface area contributed by atoms with E-state index in [-0.39, 0.29) is 6.61 Å². The van der Waals surface area contributed by atoms with E-state index in [0.717, 1.165) is 22.6 Å². The van der Waals surface area contributed by atoms with E-state index in [1.165, 1.54) is 11.1 Å². The van der Waals surface area contributed by atoms with Crippen molar-refractivity contribution in [1.29, 1.82) is 0 Å².